The summed E-state index contributed by atoms with van der Waals surface area (Å²) in [5.74, 6) is 1.94. The van der Waals surface area contributed by atoms with Gasteiger partial charge < -0.3 is 20.1 Å². The van der Waals surface area contributed by atoms with Gasteiger partial charge in [0.2, 0.25) is 0 Å². The van der Waals surface area contributed by atoms with Gasteiger partial charge in [0.05, 0.1) is 20.4 Å². The predicted octanol–water partition coefficient (Wildman–Crippen LogP) is 4.30. The van der Waals surface area contributed by atoms with Gasteiger partial charge in [-0.2, -0.15) is 0 Å². The molecule has 0 bridgehead atoms. The van der Waals surface area contributed by atoms with Crippen LogP contribution in [0, 0.1) is 0 Å². The first-order chi connectivity index (χ1) is 15.5. The first kappa shape index (κ1) is 21.2. The molecule has 0 fully saturated rings. The van der Waals surface area contributed by atoms with E-state index in [2.05, 4.69) is 15.6 Å². The van der Waals surface area contributed by atoms with E-state index in [4.69, 9.17) is 14.5 Å². The number of carbonyl (C=O) groups excluding carboxylic acids is 1. The highest BCUT2D eigenvalue weighted by molar-refractivity contribution is 5.94. The van der Waals surface area contributed by atoms with Crippen molar-refractivity contribution in [2.24, 2.45) is 0 Å². The molecule has 4 aromatic rings. The molecule has 32 heavy (non-hydrogen) atoms. The molecule has 8 nitrogen and oxygen atoms in total. The second kappa shape index (κ2) is 8.97. The lowest BCUT2D eigenvalue weighted by molar-refractivity contribution is 0.0943. The van der Waals surface area contributed by atoms with Gasteiger partial charge in [-0.3, -0.25) is 14.2 Å². The van der Waals surface area contributed by atoms with Crippen LogP contribution in [0.1, 0.15) is 24.2 Å². The average Bonchev–Trinajstić information content (AvgIpc) is 3.17. The molecule has 0 aliphatic rings. The molecule has 0 aliphatic carbocycles. The van der Waals surface area contributed by atoms with Crippen LogP contribution < -0.4 is 20.1 Å². The third kappa shape index (κ3) is 4.20. The van der Waals surface area contributed by atoms with E-state index in [1.807, 2.05) is 54.8 Å². The molecule has 0 saturated heterocycles. The highest BCUT2D eigenvalue weighted by Gasteiger charge is 2.17. The molecule has 0 atom stereocenters. The first-order valence-corrected chi connectivity index (χ1v) is 10.2. The zero-order chi connectivity index (χ0) is 22.7. The molecule has 164 valence electrons. The van der Waals surface area contributed by atoms with Gasteiger partial charge >= 0.3 is 0 Å². The van der Waals surface area contributed by atoms with E-state index in [9.17, 15) is 4.79 Å². The molecule has 2 heterocycles. The van der Waals surface area contributed by atoms with Crippen molar-refractivity contribution in [1.29, 1.82) is 0 Å². The SMILES string of the molecule is COc1ccc(-c2nc3cnccn3c2Nc2ccc(C(=O)NC(C)C)cc2)cc1OC. The summed E-state index contributed by atoms with van der Waals surface area (Å²) in [5.41, 5.74) is 3.73. The second-order valence-corrected chi connectivity index (χ2v) is 7.51. The zero-order valence-electron chi connectivity index (χ0n) is 18.4. The summed E-state index contributed by atoms with van der Waals surface area (Å²) in [7, 11) is 3.21. The summed E-state index contributed by atoms with van der Waals surface area (Å²) < 4.78 is 12.7. The molecule has 0 aliphatic heterocycles. The van der Waals surface area contributed by atoms with Crippen molar-refractivity contribution in [3.05, 3.63) is 66.6 Å². The molecule has 0 radical (unpaired) electrons. The first-order valence-electron chi connectivity index (χ1n) is 10.2. The highest BCUT2D eigenvalue weighted by Crippen LogP contribution is 2.36. The number of carbonyl (C=O) groups is 1. The fourth-order valence-electron chi connectivity index (χ4n) is 3.40. The fraction of sp³-hybridized carbons (Fsp3) is 0.208. The Labute approximate surface area is 186 Å². The van der Waals surface area contributed by atoms with E-state index in [-0.39, 0.29) is 11.9 Å². The number of ether oxygens (including phenoxy) is 2. The number of nitrogens with one attached hydrogen (secondary N) is 2. The van der Waals surface area contributed by atoms with Crippen LogP contribution >= 0.6 is 0 Å². The van der Waals surface area contributed by atoms with E-state index in [1.54, 1.807) is 38.7 Å². The molecule has 0 spiro atoms. The number of methoxy groups -OCH3 is 2. The van der Waals surface area contributed by atoms with E-state index >= 15 is 0 Å². The fourth-order valence-corrected chi connectivity index (χ4v) is 3.40. The minimum absolute atomic E-state index is 0.0797. The predicted molar refractivity (Wildman–Crippen MR) is 124 cm³/mol. The Morgan fingerprint density at radius 3 is 2.47 bits per heavy atom. The van der Waals surface area contributed by atoms with Gasteiger partial charge in [-0.25, -0.2) is 4.98 Å². The standard InChI is InChI=1S/C24H25N5O3/c1-15(2)26-24(30)16-5-8-18(9-6-16)27-23-22(28-21-14-25-11-12-29(21)23)17-7-10-19(31-3)20(13-17)32-4/h5-15,27H,1-4H3,(H,26,30). The van der Waals surface area contributed by atoms with Gasteiger partial charge in [0.25, 0.3) is 5.91 Å². The summed E-state index contributed by atoms with van der Waals surface area (Å²) in [6, 6.07) is 13.1. The molecule has 2 N–H and O–H groups in total. The third-order valence-electron chi connectivity index (χ3n) is 4.92. The highest BCUT2D eigenvalue weighted by atomic mass is 16.5. The molecule has 8 heteroatoms. The summed E-state index contributed by atoms with van der Waals surface area (Å²) >= 11 is 0. The normalized spacial score (nSPS) is 10.9. The van der Waals surface area contributed by atoms with Crippen molar-refractivity contribution in [3.63, 3.8) is 0 Å². The van der Waals surface area contributed by atoms with Crippen molar-refractivity contribution in [2.45, 2.75) is 19.9 Å². The molecule has 1 amide bonds. The molecule has 2 aromatic heterocycles. The van der Waals surface area contributed by atoms with Crippen LogP contribution in [0.3, 0.4) is 0 Å². The summed E-state index contributed by atoms with van der Waals surface area (Å²) in [4.78, 5) is 21.2. The zero-order valence-corrected chi connectivity index (χ0v) is 18.4. The number of anilines is 2. The largest absolute Gasteiger partial charge is 0.493 e. The molecular formula is C24H25N5O3. The Bertz CT molecular complexity index is 1250. The summed E-state index contributed by atoms with van der Waals surface area (Å²) in [6.07, 6.45) is 5.26. The van der Waals surface area contributed by atoms with Crippen LogP contribution in [0.15, 0.2) is 61.1 Å². The smallest absolute Gasteiger partial charge is 0.251 e. The van der Waals surface area contributed by atoms with E-state index < -0.39 is 0 Å². The number of imidazole rings is 1. The lowest BCUT2D eigenvalue weighted by atomic mass is 10.1. The second-order valence-electron chi connectivity index (χ2n) is 7.51. The maximum atomic E-state index is 12.2. The number of hydrogen-bond acceptors (Lipinski definition) is 6. The lowest BCUT2D eigenvalue weighted by Crippen LogP contribution is -2.29. The number of aromatic nitrogens is 3. The van der Waals surface area contributed by atoms with E-state index in [0.717, 1.165) is 22.8 Å². The summed E-state index contributed by atoms with van der Waals surface area (Å²) in [6.45, 7) is 3.87. The maximum Gasteiger partial charge on any atom is 0.251 e. The Morgan fingerprint density at radius 1 is 1.03 bits per heavy atom. The van der Waals surface area contributed by atoms with Crippen LogP contribution in [0.4, 0.5) is 11.5 Å². The van der Waals surface area contributed by atoms with Crippen LogP contribution in [-0.2, 0) is 0 Å². The van der Waals surface area contributed by atoms with Gasteiger partial charge in [-0.1, -0.05) is 0 Å². The van der Waals surface area contributed by atoms with Crippen molar-refractivity contribution >= 4 is 23.1 Å². The third-order valence-corrected chi connectivity index (χ3v) is 4.92. The average molecular weight is 431 g/mol. The van der Waals surface area contributed by atoms with Crippen molar-refractivity contribution in [2.75, 3.05) is 19.5 Å². The molecule has 2 aromatic carbocycles. The minimum atomic E-state index is -0.0987. The Hall–Kier alpha value is -4.07. The number of rotatable bonds is 7. The number of hydrogen-bond donors (Lipinski definition) is 2. The van der Waals surface area contributed by atoms with Gasteiger partial charge in [-0.05, 0) is 56.3 Å². The molecule has 4 rings (SSSR count). The number of nitrogens with zero attached hydrogens (tertiary/aromatic N) is 3. The van der Waals surface area contributed by atoms with Crippen LogP contribution in [0.5, 0.6) is 11.5 Å². The molecular weight excluding hydrogens is 406 g/mol. The Balaban J connectivity index is 1.72. The van der Waals surface area contributed by atoms with Crippen LogP contribution in [0.25, 0.3) is 16.9 Å². The number of benzene rings is 2. The van der Waals surface area contributed by atoms with Gasteiger partial charge in [0.1, 0.15) is 11.5 Å². The molecule has 0 saturated carbocycles. The van der Waals surface area contributed by atoms with E-state index in [1.165, 1.54) is 0 Å². The molecule has 0 unspecified atom stereocenters. The Morgan fingerprint density at radius 2 is 1.78 bits per heavy atom. The topological polar surface area (TPSA) is 89.8 Å². The van der Waals surface area contributed by atoms with Crippen LogP contribution in [0.2, 0.25) is 0 Å². The number of fused-ring (bicyclic) bond motifs is 1. The van der Waals surface area contributed by atoms with E-state index in [0.29, 0.717) is 22.7 Å². The van der Waals surface area contributed by atoms with Gasteiger partial charge in [0.15, 0.2) is 17.1 Å². The summed E-state index contributed by atoms with van der Waals surface area (Å²) in [5, 5.41) is 6.33. The number of amides is 1. The monoisotopic (exact) mass is 431 g/mol. The Kier molecular flexibility index (Phi) is 5.93. The van der Waals surface area contributed by atoms with Crippen molar-refractivity contribution < 1.29 is 14.3 Å². The maximum absolute atomic E-state index is 12.2. The van der Waals surface area contributed by atoms with Crippen LogP contribution in [-0.4, -0.2) is 40.5 Å². The van der Waals surface area contributed by atoms with Gasteiger partial charge in [-0.15, -0.1) is 0 Å². The van der Waals surface area contributed by atoms with Crippen molar-refractivity contribution in [1.82, 2.24) is 19.7 Å². The minimum Gasteiger partial charge on any atom is -0.493 e. The van der Waals surface area contributed by atoms with Crippen molar-refractivity contribution in [3.8, 4) is 22.8 Å². The lowest BCUT2D eigenvalue weighted by Gasteiger charge is -2.12. The van der Waals surface area contributed by atoms with Gasteiger partial charge in [0, 0.05) is 35.2 Å². The quantitative estimate of drug-likeness (QED) is 0.454.